The van der Waals surface area contributed by atoms with Crippen LogP contribution in [0.25, 0.3) is 11.1 Å². The standard InChI is InChI=1S/C26H33FN2/c1-8-18(4)29-17-22-15-24(19(5)25(28-10-3)23(22)9-2)21-13-11-20(12-14-21)16-26(6,7)27/h8,10-15,29H,1,4,9,16-17H2,2-3,5-7H3. The van der Waals surface area contributed by atoms with Crippen LogP contribution in [-0.2, 0) is 19.4 Å². The molecule has 0 bridgehead atoms. The number of halogens is 1. The number of hydrogen-bond donors (Lipinski definition) is 1. The van der Waals surface area contributed by atoms with Crippen LogP contribution in [0.4, 0.5) is 10.1 Å². The third-order valence-corrected chi connectivity index (χ3v) is 5.00. The molecule has 2 rings (SSSR count). The molecular formula is C26H33FN2. The van der Waals surface area contributed by atoms with Crippen molar-refractivity contribution in [1.29, 1.82) is 0 Å². The molecule has 0 aliphatic carbocycles. The topological polar surface area (TPSA) is 24.4 Å². The highest BCUT2D eigenvalue weighted by molar-refractivity contribution is 5.78. The van der Waals surface area contributed by atoms with Gasteiger partial charge >= 0.3 is 0 Å². The first-order valence-electron chi connectivity index (χ1n) is 10.2. The fraction of sp³-hybridized carbons (Fsp3) is 0.346. The molecule has 0 fully saturated rings. The number of nitrogens with one attached hydrogen (secondary N) is 1. The second kappa shape index (κ2) is 9.69. The van der Waals surface area contributed by atoms with Crippen LogP contribution in [0.5, 0.6) is 0 Å². The molecule has 0 aliphatic heterocycles. The Bertz CT molecular complexity index is 900. The highest BCUT2D eigenvalue weighted by Crippen LogP contribution is 2.36. The molecule has 0 heterocycles. The van der Waals surface area contributed by atoms with Gasteiger partial charge in [-0.3, -0.25) is 4.99 Å². The van der Waals surface area contributed by atoms with Gasteiger partial charge in [-0.2, -0.15) is 0 Å². The number of aliphatic imine (C=N–C) groups is 1. The van der Waals surface area contributed by atoms with Gasteiger partial charge in [-0.15, -0.1) is 0 Å². The molecular weight excluding hydrogens is 359 g/mol. The van der Waals surface area contributed by atoms with E-state index in [9.17, 15) is 4.39 Å². The van der Waals surface area contributed by atoms with Gasteiger partial charge in [0, 0.05) is 24.9 Å². The minimum atomic E-state index is -1.21. The largest absolute Gasteiger partial charge is 0.381 e. The molecule has 0 unspecified atom stereocenters. The number of alkyl halides is 1. The average Bonchev–Trinajstić information content (AvgIpc) is 2.67. The fourth-order valence-electron chi connectivity index (χ4n) is 3.60. The van der Waals surface area contributed by atoms with Gasteiger partial charge in [0.15, 0.2) is 0 Å². The predicted molar refractivity (Wildman–Crippen MR) is 125 cm³/mol. The Morgan fingerprint density at radius 3 is 2.41 bits per heavy atom. The van der Waals surface area contributed by atoms with E-state index >= 15 is 0 Å². The molecule has 154 valence electrons. The van der Waals surface area contributed by atoms with Crippen LogP contribution in [0.15, 0.2) is 60.3 Å². The van der Waals surface area contributed by atoms with E-state index in [2.05, 4.69) is 50.5 Å². The number of hydrogen-bond acceptors (Lipinski definition) is 2. The summed E-state index contributed by atoms with van der Waals surface area (Å²) in [6.45, 7) is 17.8. The fourth-order valence-corrected chi connectivity index (χ4v) is 3.60. The van der Waals surface area contributed by atoms with Crippen molar-refractivity contribution in [2.45, 2.75) is 59.7 Å². The van der Waals surface area contributed by atoms with Gasteiger partial charge < -0.3 is 5.32 Å². The van der Waals surface area contributed by atoms with Crippen LogP contribution in [0.1, 0.15) is 49.9 Å². The average molecular weight is 393 g/mol. The first-order chi connectivity index (χ1) is 13.7. The summed E-state index contributed by atoms with van der Waals surface area (Å²) in [6.07, 6.45) is 4.87. The summed E-state index contributed by atoms with van der Waals surface area (Å²) >= 11 is 0. The first-order valence-corrected chi connectivity index (χ1v) is 10.2. The van der Waals surface area contributed by atoms with Gasteiger partial charge in [-0.1, -0.05) is 44.3 Å². The number of benzene rings is 2. The summed E-state index contributed by atoms with van der Waals surface area (Å²) in [4.78, 5) is 4.69. The number of allylic oxidation sites excluding steroid dienone is 1. The molecule has 0 atom stereocenters. The van der Waals surface area contributed by atoms with Gasteiger partial charge in [-0.25, -0.2) is 4.39 Å². The summed E-state index contributed by atoms with van der Waals surface area (Å²) in [5, 5.41) is 3.32. The molecule has 2 nitrogen and oxygen atoms in total. The summed E-state index contributed by atoms with van der Waals surface area (Å²) in [5.74, 6) is 0. The lowest BCUT2D eigenvalue weighted by molar-refractivity contribution is 0.217. The lowest BCUT2D eigenvalue weighted by Gasteiger charge is -2.19. The molecule has 0 aromatic heterocycles. The maximum absolute atomic E-state index is 14.0. The maximum atomic E-state index is 14.0. The van der Waals surface area contributed by atoms with E-state index in [1.165, 1.54) is 11.1 Å². The van der Waals surface area contributed by atoms with E-state index in [1.807, 2.05) is 25.3 Å². The van der Waals surface area contributed by atoms with Crippen LogP contribution >= 0.6 is 0 Å². The summed E-state index contributed by atoms with van der Waals surface area (Å²) in [7, 11) is 0. The normalized spacial score (nSPS) is 11.7. The van der Waals surface area contributed by atoms with Crippen molar-refractivity contribution >= 4 is 11.9 Å². The Kier molecular flexibility index (Phi) is 7.55. The summed E-state index contributed by atoms with van der Waals surface area (Å²) in [5.41, 5.74) is 7.47. The van der Waals surface area contributed by atoms with Crippen molar-refractivity contribution in [3.05, 3.63) is 77.5 Å². The van der Waals surface area contributed by atoms with Gasteiger partial charge in [0.25, 0.3) is 0 Å². The minimum absolute atomic E-state index is 0.408. The van der Waals surface area contributed by atoms with Crippen molar-refractivity contribution in [3.63, 3.8) is 0 Å². The van der Waals surface area contributed by atoms with Crippen LogP contribution in [0, 0.1) is 6.92 Å². The van der Waals surface area contributed by atoms with E-state index in [0.717, 1.165) is 40.1 Å². The van der Waals surface area contributed by atoms with Crippen LogP contribution < -0.4 is 5.32 Å². The second-order valence-corrected chi connectivity index (χ2v) is 7.95. The van der Waals surface area contributed by atoms with Crippen LogP contribution in [-0.4, -0.2) is 11.9 Å². The van der Waals surface area contributed by atoms with E-state index in [1.54, 1.807) is 19.9 Å². The van der Waals surface area contributed by atoms with Crippen molar-refractivity contribution in [2.75, 3.05) is 0 Å². The molecule has 2 aromatic rings. The van der Waals surface area contributed by atoms with Crippen LogP contribution in [0.3, 0.4) is 0 Å². The molecule has 0 spiro atoms. The van der Waals surface area contributed by atoms with Crippen molar-refractivity contribution < 1.29 is 4.39 Å². The zero-order chi connectivity index (χ0) is 21.6. The summed E-state index contributed by atoms with van der Waals surface area (Å²) < 4.78 is 14.0. The van der Waals surface area contributed by atoms with Crippen molar-refractivity contribution in [3.8, 4) is 11.1 Å². The van der Waals surface area contributed by atoms with E-state index < -0.39 is 5.67 Å². The molecule has 2 aromatic carbocycles. The van der Waals surface area contributed by atoms with E-state index in [4.69, 9.17) is 4.99 Å². The molecule has 0 saturated heterocycles. The van der Waals surface area contributed by atoms with Gasteiger partial charge in [-0.05, 0) is 79.6 Å². The monoisotopic (exact) mass is 392 g/mol. The molecule has 3 heteroatoms. The minimum Gasteiger partial charge on any atom is -0.381 e. The van der Waals surface area contributed by atoms with Gasteiger partial charge in [0.2, 0.25) is 0 Å². The quantitative estimate of drug-likeness (QED) is 0.360. The first kappa shape index (κ1) is 22.6. The molecule has 0 aliphatic rings. The highest BCUT2D eigenvalue weighted by atomic mass is 19.1. The maximum Gasteiger partial charge on any atom is 0.109 e. The second-order valence-electron chi connectivity index (χ2n) is 7.95. The highest BCUT2D eigenvalue weighted by Gasteiger charge is 2.17. The molecule has 0 radical (unpaired) electrons. The van der Waals surface area contributed by atoms with Crippen molar-refractivity contribution in [2.24, 2.45) is 4.99 Å². The molecule has 0 saturated carbocycles. The van der Waals surface area contributed by atoms with E-state index in [-0.39, 0.29) is 0 Å². The number of rotatable bonds is 9. The lowest BCUT2D eigenvalue weighted by Crippen LogP contribution is -2.15. The van der Waals surface area contributed by atoms with Gasteiger partial charge in [0.05, 0.1) is 5.69 Å². The SMILES string of the molecule is C=CC(=C)NCc1cc(-c2ccc(CC(C)(C)F)cc2)c(C)c(N=CC)c1CC. The molecule has 0 amide bonds. The van der Waals surface area contributed by atoms with E-state index in [0.29, 0.717) is 13.0 Å². The Labute approximate surface area is 175 Å². The molecule has 29 heavy (non-hydrogen) atoms. The number of nitrogens with zero attached hydrogens (tertiary/aromatic N) is 1. The predicted octanol–water partition coefficient (Wildman–Crippen LogP) is 7.03. The third kappa shape index (κ3) is 5.90. The Morgan fingerprint density at radius 2 is 1.90 bits per heavy atom. The zero-order valence-corrected chi connectivity index (χ0v) is 18.4. The summed E-state index contributed by atoms with van der Waals surface area (Å²) in [6, 6.07) is 10.4. The smallest absolute Gasteiger partial charge is 0.109 e. The zero-order valence-electron chi connectivity index (χ0n) is 18.4. The Hall–Kier alpha value is -2.68. The molecule has 1 N–H and O–H groups in total. The van der Waals surface area contributed by atoms with Gasteiger partial charge in [0.1, 0.15) is 5.67 Å². The van der Waals surface area contributed by atoms with Crippen molar-refractivity contribution in [1.82, 2.24) is 5.32 Å². The lowest BCUT2D eigenvalue weighted by atomic mass is 9.90. The third-order valence-electron chi connectivity index (χ3n) is 5.00. The Balaban J connectivity index is 2.54. The Morgan fingerprint density at radius 1 is 1.24 bits per heavy atom. The van der Waals surface area contributed by atoms with Crippen LogP contribution in [0.2, 0.25) is 0 Å².